The van der Waals surface area contributed by atoms with Gasteiger partial charge in [-0.2, -0.15) is 0 Å². The molecule has 0 atom stereocenters. The van der Waals surface area contributed by atoms with E-state index in [4.69, 9.17) is 23.1 Å². The van der Waals surface area contributed by atoms with Crippen molar-refractivity contribution in [2.24, 2.45) is 0 Å². The van der Waals surface area contributed by atoms with Crippen molar-refractivity contribution in [3.63, 3.8) is 0 Å². The van der Waals surface area contributed by atoms with Gasteiger partial charge in [-0.05, 0) is 0 Å². The van der Waals surface area contributed by atoms with Crippen molar-refractivity contribution in [3.8, 4) is 0 Å². The Labute approximate surface area is 104 Å². The van der Waals surface area contributed by atoms with Crippen LogP contribution in [0.25, 0.3) is 0 Å². The fourth-order valence-electron chi connectivity index (χ4n) is 0. The molecule has 5 nitrogen and oxygen atoms in total. The van der Waals surface area contributed by atoms with E-state index in [0.717, 1.165) is 0 Å². The molecule has 0 aromatic carbocycles. The fraction of sp³-hybridized carbons (Fsp3) is 0. The van der Waals surface area contributed by atoms with Crippen molar-refractivity contribution < 1.29 is 96.7 Å². The minimum absolute atomic E-state index is 0. The predicted octanol–water partition coefficient (Wildman–Crippen LogP) is -6.82. The van der Waals surface area contributed by atoms with E-state index in [0.29, 0.717) is 0 Å². The topological polar surface area (TPSA) is 94.8 Å². The van der Waals surface area contributed by atoms with Gasteiger partial charge in [-0.25, -0.2) is 4.57 Å². The van der Waals surface area contributed by atoms with Crippen LogP contribution in [0, 0.1) is 0 Å². The Morgan fingerprint density at radius 2 is 1.10 bits per heavy atom. The Morgan fingerprint density at radius 1 is 1.10 bits per heavy atom. The summed E-state index contributed by atoms with van der Waals surface area (Å²) >= 11 is 1.69. The molecule has 0 bridgehead atoms. The van der Waals surface area contributed by atoms with Gasteiger partial charge in [-0.1, -0.05) is 0 Å². The summed E-state index contributed by atoms with van der Waals surface area (Å²) in [5.74, 6) is 0. The molecule has 0 radical (unpaired) electrons. The summed E-state index contributed by atoms with van der Waals surface area (Å²) < 4.78 is 16.9. The summed E-state index contributed by atoms with van der Waals surface area (Å²) in [4.78, 5) is 21.6. The zero-order valence-electron chi connectivity index (χ0n) is 7.34. The van der Waals surface area contributed by atoms with E-state index in [1.165, 1.54) is 0 Å². The van der Waals surface area contributed by atoms with Gasteiger partial charge in [0.15, 0.2) is 0 Å². The normalized spacial score (nSPS) is 6.30. The summed E-state index contributed by atoms with van der Waals surface area (Å²) in [5, 5.41) is 0. The second-order valence-corrected chi connectivity index (χ2v) is 1.54. The molecule has 3 N–H and O–H groups in total. The van der Waals surface area contributed by atoms with Crippen LogP contribution in [-0.2, 0) is 41.4 Å². The fourth-order valence-corrected chi connectivity index (χ4v) is 0. The van der Waals surface area contributed by atoms with Crippen LogP contribution >= 0.6 is 7.82 Å². The number of rotatable bonds is 0. The van der Waals surface area contributed by atoms with Crippen LogP contribution in [0.1, 0.15) is 2.85 Å². The van der Waals surface area contributed by atoms with Gasteiger partial charge in [0.05, 0.1) is 0 Å². The summed E-state index contributed by atoms with van der Waals surface area (Å²) in [6, 6.07) is 0. The van der Waals surface area contributed by atoms with E-state index in [2.05, 4.69) is 0 Å². The Balaban J connectivity index is -0.00000000671. The van der Waals surface area contributed by atoms with Gasteiger partial charge >= 0.3 is 65.3 Å². The van der Waals surface area contributed by atoms with Crippen LogP contribution in [0.5, 0.6) is 0 Å². The van der Waals surface area contributed by atoms with E-state index in [1.54, 1.807) is 15.9 Å². The molecule has 0 aliphatic heterocycles. The van der Waals surface area contributed by atoms with Gasteiger partial charge in [0.1, 0.15) is 0 Å². The third kappa shape index (κ3) is 185. The van der Waals surface area contributed by atoms with Gasteiger partial charge in [0.2, 0.25) is 0 Å². The standard InChI is InChI=1S/Fe.2Li.Mn.H3O4P.O.2H/c;;;;1-5(2,3)4;;;/h;;;;(H3,1,2,3,4);;;/q;2*+1;;;;2*-1. The first kappa shape index (κ1) is 29.6. The Morgan fingerprint density at radius 3 is 1.10 bits per heavy atom. The molecule has 10 heteroatoms. The van der Waals surface area contributed by atoms with Crippen molar-refractivity contribution in [2.45, 2.75) is 0 Å². The predicted molar refractivity (Wildman–Crippen MR) is 17.2 cm³/mol. The third-order valence-corrected chi connectivity index (χ3v) is 0. The van der Waals surface area contributed by atoms with Crippen molar-refractivity contribution >= 4 is 7.82 Å². The van der Waals surface area contributed by atoms with Crippen LogP contribution in [0.4, 0.5) is 0 Å². The van der Waals surface area contributed by atoms with Crippen molar-refractivity contribution in [1.82, 2.24) is 0 Å². The van der Waals surface area contributed by atoms with E-state index >= 15 is 0 Å². The molecule has 57 valence electrons. The van der Waals surface area contributed by atoms with Crippen molar-refractivity contribution in [1.29, 1.82) is 0 Å². The first-order valence-corrected chi connectivity index (χ1v) is 2.98. The molecule has 0 spiro atoms. The zero-order valence-corrected chi connectivity index (χ0v) is 8.52. The molecule has 0 rings (SSSR count). The van der Waals surface area contributed by atoms with Gasteiger partial charge < -0.3 is 17.5 Å². The Hall–Kier alpha value is 2.14. The molecule has 0 unspecified atom stereocenters. The number of hydrogen-bond acceptors (Lipinski definition) is 2. The monoisotopic (exact) mass is 241 g/mol. The molecular formula is H5FeLi2MnO5P. The van der Waals surface area contributed by atoms with Crippen LogP contribution < -0.4 is 37.7 Å². The summed E-state index contributed by atoms with van der Waals surface area (Å²) in [7, 11) is -4.64. The third-order valence-electron chi connectivity index (χ3n) is 0. The molecule has 10 heavy (non-hydrogen) atoms. The first-order valence-electron chi connectivity index (χ1n) is 0.937. The van der Waals surface area contributed by atoms with Crippen LogP contribution in [0.2, 0.25) is 0 Å². The van der Waals surface area contributed by atoms with Crippen LogP contribution in [0.15, 0.2) is 0 Å². The average molecular weight is 241 g/mol. The molecule has 0 aliphatic carbocycles. The second-order valence-electron chi connectivity index (χ2n) is 0.513. The van der Waals surface area contributed by atoms with E-state index in [9.17, 15) is 0 Å². The number of phosphoric acid groups is 1. The Bertz CT molecular complexity index is 83.3. The van der Waals surface area contributed by atoms with Gasteiger partial charge in [-0.3, -0.25) is 0 Å². The quantitative estimate of drug-likeness (QED) is 0.289. The summed E-state index contributed by atoms with van der Waals surface area (Å²) in [6.45, 7) is 0. The summed E-state index contributed by atoms with van der Waals surface area (Å²) in [5.41, 5.74) is 0. The Kier molecular flexibility index (Phi) is 51.1. The molecule has 0 heterocycles. The average Bonchev–Trinajstić information content (AvgIpc) is 1.36. The van der Waals surface area contributed by atoms with E-state index < -0.39 is 7.82 Å². The molecule has 0 aromatic heterocycles. The maximum absolute atomic E-state index is 8.88. The van der Waals surface area contributed by atoms with Crippen molar-refractivity contribution in [2.75, 3.05) is 0 Å². The molecular weight excluding hydrogens is 236 g/mol. The van der Waals surface area contributed by atoms with Crippen LogP contribution in [0.3, 0.4) is 0 Å². The van der Waals surface area contributed by atoms with Gasteiger partial charge in [-0.15, -0.1) is 0 Å². The SMILES string of the molecule is O=P(O)(O)O.[Fe].[H-].[H-].[Li+].[Li+].[O]=[Mn]. The molecule has 0 saturated heterocycles. The van der Waals surface area contributed by atoms with Gasteiger partial charge in [0, 0.05) is 17.1 Å². The summed E-state index contributed by atoms with van der Waals surface area (Å²) in [6.07, 6.45) is 0. The second kappa shape index (κ2) is 17.3. The minimum atomic E-state index is -4.64. The molecule has 0 aliphatic rings. The first-order chi connectivity index (χ1) is 3.00. The molecule has 0 aromatic rings. The van der Waals surface area contributed by atoms with E-state index in [1.807, 2.05) is 0 Å². The number of hydrogen-bond donors (Lipinski definition) is 3. The molecule has 0 amide bonds. The van der Waals surface area contributed by atoms with E-state index in [-0.39, 0.29) is 57.6 Å². The van der Waals surface area contributed by atoms with Crippen molar-refractivity contribution in [3.05, 3.63) is 0 Å². The maximum atomic E-state index is 8.88. The molecule has 0 saturated carbocycles. The van der Waals surface area contributed by atoms with Gasteiger partial charge in [0.25, 0.3) is 0 Å². The molecule has 0 fully saturated rings. The van der Waals surface area contributed by atoms with Crippen LogP contribution in [-0.4, -0.2) is 14.7 Å². The zero-order chi connectivity index (χ0) is 6.50.